The maximum atomic E-state index is 2.45. The summed E-state index contributed by atoms with van der Waals surface area (Å²) >= 11 is 0. The molecular weight excluding hydrogens is 639 g/mol. The average molecular weight is 676 g/mol. The summed E-state index contributed by atoms with van der Waals surface area (Å²) in [5.74, 6) is 0. The zero-order chi connectivity index (χ0) is 35.4. The second-order valence-corrected chi connectivity index (χ2v) is 14.2. The van der Waals surface area contributed by atoms with Gasteiger partial charge in [0.1, 0.15) is 0 Å². The molecule has 0 spiro atoms. The third-order valence-electron chi connectivity index (χ3n) is 11.2. The van der Waals surface area contributed by atoms with Crippen LogP contribution in [0.5, 0.6) is 0 Å². The Morgan fingerprint density at radius 2 is 0.830 bits per heavy atom. The first-order valence-corrected chi connectivity index (χ1v) is 18.4. The highest BCUT2D eigenvalue weighted by molar-refractivity contribution is 5.95. The molecule has 0 aromatic heterocycles. The Balaban J connectivity index is 1.15. The monoisotopic (exact) mass is 675 g/mol. The van der Waals surface area contributed by atoms with Crippen LogP contribution in [0, 0.1) is 6.92 Å². The topological polar surface area (TPSA) is 3.24 Å². The molecule has 1 aliphatic carbocycles. The second kappa shape index (κ2) is 12.5. The fraction of sp³-hybridized carbons (Fsp3) is 0.0385. The van der Waals surface area contributed by atoms with Crippen molar-refractivity contribution < 1.29 is 0 Å². The van der Waals surface area contributed by atoms with E-state index in [1.807, 2.05) is 0 Å². The molecule has 0 aliphatic heterocycles. The van der Waals surface area contributed by atoms with Gasteiger partial charge in [0.25, 0.3) is 0 Å². The molecule has 9 aromatic rings. The number of benzene rings is 9. The van der Waals surface area contributed by atoms with E-state index in [2.05, 4.69) is 218 Å². The summed E-state index contributed by atoms with van der Waals surface area (Å²) < 4.78 is 0. The van der Waals surface area contributed by atoms with Crippen LogP contribution in [0.2, 0.25) is 0 Å². The van der Waals surface area contributed by atoms with Crippen LogP contribution >= 0.6 is 0 Å². The first-order chi connectivity index (χ1) is 26.2. The predicted molar refractivity (Wildman–Crippen MR) is 224 cm³/mol. The van der Waals surface area contributed by atoms with Gasteiger partial charge in [-0.2, -0.15) is 0 Å². The van der Waals surface area contributed by atoms with Gasteiger partial charge in [-0.3, -0.25) is 0 Å². The molecule has 1 heteroatoms. The predicted octanol–water partition coefficient (Wildman–Crippen LogP) is 13.8. The summed E-state index contributed by atoms with van der Waals surface area (Å²) in [6.45, 7) is 2.15. The quantitative estimate of drug-likeness (QED) is 0.170. The Morgan fingerprint density at radius 1 is 0.340 bits per heavy atom. The van der Waals surface area contributed by atoms with E-state index in [9.17, 15) is 0 Å². The first kappa shape index (κ1) is 31.1. The minimum absolute atomic E-state index is 0.466. The summed E-state index contributed by atoms with van der Waals surface area (Å²) in [5.41, 5.74) is 14.3. The van der Waals surface area contributed by atoms with Crippen LogP contribution in [-0.2, 0) is 5.41 Å². The number of fused-ring (bicyclic) bond motifs is 5. The normalized spacial score (nSPS) is 12.8. The molecule has 9 aromatic carbocycles. The molecule has 0 radical (unpaired) electrons. The van der Waals surface area contributed by atoms with Crippen LogP contribution in [0.3, 0.4) is 0 Å². The molecular formula is C52H37N. The summed E-state index contributed by atoms with van der Waals surface area (Å²) in [5, 5.41) is 4.95. The van der Waals surface area contributed by atoms with E-state index in [0.717, 1.165) is 17.1 Å². The van der Waals surface area contributed by atoms with Crippen molar-refractivity contribution in [2.24, 2.45) is 0 Å². The number of rotatable bonds is 6. The van der Waals surface area contributed by atoms with Crippen LogP contribution < -0.4 is 4.90 Å². The van der Waals surface area contributed by atoms with Crippen LogP contribution in [0.25, 0.3) is 43.8 Å². The van der Waals surface area contributed by atoms with E-state index >= 15 is 0 Å². The summed E-state index contributed by atoms with van der Waals surface area (Å²) in [7, 11) is 0. The molecule has 0 fully saturated rings. The smallest absolute Gasteiger partial charge is 0.0714 e. The van der Waals surface area contributed by atoms with Crippen molar-refractivity contribution in [1.29, 1.82) is 0 Å². The second-order valence-electron chi connectivity index (χ2n) is 14.2. The van der Waals surface area contributed by atoms with Crippen molar-refractivity contribution in [1.82, 2.24) is 0 Å². The fourth-order valence-corrected chi connectivity index (χ4v) is 8.63. The van der Waals surface area contributed by atoms with Gasteiger partial charge in [-0.1, -0.05) is 163 Å². The number of aryl methyl sites for hydroxylation is 1. The molecule has 1 aliphatic rings. The van der Waals surface area contributed by atoms with Gasteiger partial charge >= 0.3 is 0 Å². The van der Waals surface area contributed by atoms with Crippen molar-refractivity contribution >= 4 is 38.6 Å². The lowest BCUT2D eigenvalue weighted by Crippen LogP contribution is -2.28. The number of nitrogens with zero attached hydrogens (tertiary/aromatic N) is 1. The van der Waals surface area contributed by atoms with E-state index in [4.69, 9.17) is 0 Å². The molecule has 1 nitrogen and oxygen atoms in total. The van der Waals surface area contributed by atoms with E-state index < -0.39 is 5.41 Å². The lowest BCUT2D eigenvalue weighted by Gasteiger charge is -2.35. The van der Waals surface area contributed by atoms with E-state index in [1.165, 1.54) is 71.6 Å². The van der Waals surface area contributed by atoms with Gasteiger partial charge in [-0.15, -0.1) is 0 Å². The molecule has 0 heterocycles. The van der Waals surface area contributed by atoms with Crippen molar-refractivity contribution in [3.05, 3.63) is 234 Å². The standard InChI is InChI=1S/C52H37N/c1-36-20-27-45(28-21-36)53(46-29-26-41-33-40(24-25-42(41)34-46)39-23-22-37-12-8-9-13-38(37)32-39)47-30-31-49-48-18-10-11-19-50(48)52(51(49)35-47,43-14-4-2-5-15-43)44-16-6-3-7-17-44/h2-35H,1H3. The van der Waals surface area contributed by atoms with Gasteiger partial charge in [-0.05, 0) is 122 Å². The van der Waals surface area contributed by atoms with Gasteiger partial charge in [0.15, 0.2) is 0 Å². The lowest BCUT2D eigenvalue weighted by atomic mass is 9.67. The summed E-state index contributed by atoms with van der Waals surface area (Å²) in [6.07, 6.45) is 0. The Kier molecular flexibility index (Phi) is 7.33. The third-order valence-corrected chi connectivity index (χ3v) is 11.2. The summed E-state index contributed by atoms with van der Waals surface area (Å²) in [6, 6.07) is 76.1. The third kappa shape index (κ3) is 5.08. The van der Waals surface area contributed by atoms with Crippen molar-refractivity contribution in [2.45, 2.75) is 12.3 Å². The zero-order valence-electron chi connectivity index (χ0n) is 29.6. The van der Waals surface area contributed by atoms with Crippen molar-refractivity contribution in [3.8, 4) is 22.3 Å². The Morgan fingerprint density at radius 3 is 1.55 bits per heavy atom. The zero-order valence-corrected chi connectivity index (χ0v) is 29.6. The molecule has 0 N–H and O–H groups in total. The molecule has 0 bridgehead atoms. The van der Waals surface area contributed by atoms with Gasteiger partial charge in [0, 0.05) is 17.1 Å². The minimum atomic E-state index is -0.466. The Labute approximate surface area is 311 Å². The van der Waals surface area contributed by atoms with Crippen LogP contribution in [-0.4, -0.2) is 0 Å². The van der Waals surface area contributed by atoms with Crippen LogP contribution in [0.4, 0.5) is 17.1 Å². The molecule has 0 saturated carbocycles. The Hall–Kier alpha value is -6.70. The number of anilines is 3. The highest BCUT2D eigenvalue weighted by Gasteiger charge is 2.46. The van der Waals surface area contributed by atoms with Crippen molar-refractivity contribution in [3.63, 3.8) is 0 Å². The first-order valence-electron chi connectivity index (χ1n) is 18.4. The highest BCUT2D eigenvalue weighted by atomic mass is 15.1. The minimum Gasteiger partial charge on any atom is -0.310 e. The molecule has 0 atom stereocenters. The van der Waals surface area contributed by atoms with Gasteiger partial charge in [0.2, 0.25) is 0 Å². The molecule has 10 rings (SSSR count). The van der Waals surface area contributed by atoms with Gasteiger partial charge in [-0.25, -0.2) is 0 Å². The van der Waals surface area contributed by atoms with E-state index in [-0.39, 0.29) is 0 Å². The van der Waals surface area contributed by atoms with Gasteiger partial charge < -0.3 is 4.90 Å². The maximum absolute atomic E-state index is 2.45. The van der Waals surface area contributed by atoms with Crippen molar-refractivity contribution in [2.75, 3.05) is 4.90 Å². The molecule has 0 amide bonds. The van der Waals surface area contributed by atoms with E-state index in [1.54, 1.807) is 0 Å². The SMILES string of the molecule is Cc1ccc(N(c2ccc3c(c2)C(c2ccccc2)(c2ccccc2)c2ccccc2-3)c2ccc3cc(-c4ccc5ccccc5c4)ccc3c2)cc1. The number of hydrogen-bond acceptors (Lipinski definition) is 1. The highest BCUT2D eigenvalue weighted by Crippen LogP contribution is 2.57. The fourth-order valence-electron chi connectivity index (χ4n) is 8.63. The molecule has 0 unspecified atom stereocenters. The molecule has 250 valence electrons. The largest absolute Gasteiger partial charge is 0.310 e. The molecule has 0 saturated heterocycles. The van der Waals surface area contributed by atoms with Crippen LogP contribution in [0.1, 0.15) is 27.8 Å². The lowest BCUT2D eigenvalue weighted by molar-refractivity contribution is 0.768. The number of hydrogen-bond donors (Lipinski definition) is 0. The average Bonchev–Trinajstić information content (AvgIpc) is 3.52. The van der Waals surface area contributed by atoms with E-state index in [0.29, 0.717) is 0 Å². The maximum Gasteiger partial charge on any atom is 0.0714 e. The van der Waals surface area contributed by atoms with Crippen LogP contribution in [0.15, 0.2) is 206 Å². The Bertz CT molecular complexity index is 2740. The van der Waals surface area contributed by atoms with Gasteiger partial charge in [0.05, 0.1) is 5.41 Å². The summed E-state index contributed by atoms with van der Waals surface area (Å²) in [4.78, 5) is 2.42. The molecule has 53 heavy (non-hydrogen) atoms.